The first-order valence-electron chi connectivity index (χ1n) is 7.59. The molecule has 1 aromatic rings. The molecule has 0 spiro atoms. The molecule has 0 aliphatic carbocycles. The normalized spacial score (nSPS) is 14.3. The van der Waals surface area contributed by atoms with Crippen LogP contribution in [-0.4, -0.2) is 42.5 Å². The van der Waals surface area contributed by atoms with Gasteiger partial charge in [0.15, 0.2) is 11.5 Å². The number of hydrogen-bond acceptors (Lipinski definition) is 6. The zero-order chi connectivity index (χ0) is 19.3. The van der Waals surface area contributed by atoms with Crippen molar-refractivity contribution >= 4 is 17.7 Å². The van der Waals surface area contributed by atoms with Crippen LogP contribution in [0.25, 0.3) is 6.08 Å². The van der Waals surface area contributed by atoms with E-state index in [0.29, 0.717) is 13.1 Å². The van der Waals surface area contributed by atoms with Gasteiger partial charge in [-0.2, -0.15) is 14.0 Å². The van der Waals surface area contributed by atoms with E-state index in [-0.39, 0.29) is 16.9 Å². The van der Waals surface area contributed by atoms with Gasteiger partial charge in [-0.05, 0) is 25.0 Å². The summed E-state index contributed by atoms with van der Waals surface area (Å²) < 4.78 is 34.0. The smallest absolute Gasteiger partial charge is 0.387 e. The standard InChI is InChI=1S/C16H15F2N3O5/c1-25-13-7-10(12(21(23)24)8-14(13)26-16(17)18)6-11(9-19)15(22)20-4-2-3-5-20/h6-8,16H,2-5H2,1H3/b11-6+. The van der Waals surface area contributed by atoms with Gasteiger partial charge in [-0.1, -0.05) is 0 Å². The van der Waals surface area contributed by atoms with Crippen molar-refractivity contribution in [3.8, 4) is 17.6 Å². The number of halogens is 2. The number of nitrogens with zero attached hydrogens (tertiary/aromatic N) is 3. The minimum atomic E-state index is -3.20. The summed E-state index contributed by atoms with van der Waals surface area (Å²) in [6.07, 6.45) is 2.68. The van der Waals surface area contributed by atoms with Crippen LogP contribution in [-0.2, 0) is 4.79 Å². The van der Waals surface area contributed by atoms with Crippen LogP contribution >= 0.6 is 0 Å². The maximum Gasteiger partial charge on any atom is 0.387 e. The Bertz CT molecular complexity index is 783. The maximum absolute atomic E-state index is 12.5. The Morgan fingerprint density at radius 3 is 2.54 bits per heavy atom. The van der Waals surface area contributed by atoms with Gasteiger partial charge in [-0.25, -0.2) is 0 Å². The third-order valence-electron chi connectivity index (χ3n) is 3.77. The van der Waals surface area contributed by atoms with Crippen LogP contribution in [0.5, 0.6) is 11.5 Å². The zero-order valence-electron chi connectivity index (χ0n) is 13.8. The molecular weight excluding hydrogens is 352 g/mol. The molecule has 0 aromatic heterocycles. The molecule has 1 amide bonds. The van der Waals surface area contributed by atoms with Crippen molar-refractivity contribution < 1.29 is 28.0 Å². The van der Waals surface area contributed by atoms with Gasteiger partial charge in [0.2, 0.25) is 0 Å². The first kappa shape index (κ1) is 19.1. The van der Waals surface area contributed by atoms with Crippen molar-refractivity contribution in [3.63, 3.8) is 0 Å². The third-order valence-corrected chi connectivity index (χ3v) is 3.77. The predicted octanol–water partition coefficient (Wildman–Crippen LogP) is 2.73. The zero-order valence-corrected chi connectivity index (χ0v) is 13.8. The number of carbonyl (C=O) groups is 1. The average molecular weight is 367 g/mol. The molecule has 2 rings (SSSR count). The van der Waals surface area contributed by atoms with Gasteiger partial charge in [-0.15, -0.1) is 0 Å². The number of carbonyl (C=O) groups excluding carboxylic acids is 1. The van der Waals surface area contributed by atoms with Crippen molar-refractivity contribution in [2.24, 2.45) is 0 Å². The Labute approximate surface area is 147 Å². The van der Waals surface area contributed by atoms with Crippen LogP contribution in [0.2, 0.25) is 0 Å². The summed E-state index contributed by atoms with van der Waals surface area (Å²) in [7, 11) is 1.17. The van der Waals surface area contributed by atoms with E-state index < -0.39 is 28.9 Å². The van der Waals surface area contributed by atoms with Crippen LogP contribution in [0.1, 0.15) is 18.4 Å². The summed E-state index contributed by atoms with van der Waals surface area (Å²) >= 11 is 0. The molecule has 26 heavy (non-hydrogen) atoms. The van der Waals surface area contributed by atoms with Crippen molar-refractivity contribution in [2.75, 3.05) is 20.2 Å². The topological polar surface area (TPSA) is 106 Å². The molecule has 0 radical (unpaired) electrons. The highest BCUT2D eigenvalue weighted by Gasteiger charge is 2.25. The lowest BCUT2D eigenvalue weighted by atomic mass is 10.1. The Hall–Kier alpha value is -3.22. The summed E-state index contributed by atoms with van der Waals surface area (Å²) in [6.45, 7) is -2.19. The van der Waals surface area contributed by atoms with E-state index in [1.807, 2.05) is 0 Å². The fraction of sp³-hybridized carbons (Fsp3) is 0.375. The lowest BCUT2D eigenvalue weighted by Gasteiger charge is -2.14. The molecule has 0 unspecified atom stereocenters. The number of nitriles is 1. The molecule has 10 heteroatoms. The van der Waals surface area contributed by atoms with Crippen LogP contribution < -0.4 is 9.47 Å². The second kappa shape index (κ2) is 8.24. The van der Waals surface area contributed by atoms with Gasteiger partial charge >= 0.3 is 6.61 Å². The van der Waals surface area contributed by atoms with E-state index in [9.17, 15) is 29.0 Å². The highest BCUT2D eigenvalue weighted by atomic mass is 19.3. The Morgan fingerprint density at radius 2 is 2.04 bits per heavy atom. The minimum Gasteiger partial charge on any atom is -0.493 e. The molecule has 0 saturated carbocycles. The van der Waals surface area contributed by atoms with E-state index >= 15 is 0 Å². The fourth-order valence-electron chi connectivity index (χ4n) is 2.57. The van der Waals surface area contributed by atoms with Crippen molar-refractivity contribution in [2.45, 2.75) is 19.5 Å². The Balaban J connectivity index is 2.50. The molecule has 1 aliphatic rings. The number of rotatable bonds is 6. The number of alkyl halides is 2. The van der Waals surface area contributed by atoms with Crippen LogP contribution in [0.3, 0.4) is 0 Å². The highest BCUT2D eigenvalue weighted by molar-refractivity contribution is 6.02. The van der Waals surface area contributed by atoms with Crippen LogP contribution in [0, 0.1) is 21.4 Å². The number of nitro groups is 1. The first-order chi connectivity index (χ1) is 12.4. The molecule has 0 N–H and O–H groups in total. The molecule has 0 bridgehead atoms. The van der Waals surface area contributed by atoms with E-state index in [1.54, 1.807) is 6.07 Å². The fourth-order valence-corrected chi connectivity index (χ4v) is 2.57. The Morgan fingerprint density at radius 1 is 1.38 bits per heavy atom. The maximum atomic E-state index is 12.5. The summed E-state index contributed by atoms with van der Waals surface area (Å²) in [5.41, 5.74) is -1.01. The third kappa shape index (κ3) is 4.24. The number of amides is 1. The molecule has 1 aromatic carbocycles. The molecule has 1 fully saturated rings. The molecule has 8 nitrogen and oxygen atoms in total. The van der Waals surface area contributed by atoms with Gasteiger partial charge in [-0.3, -0.25) is 14.9 Å². The van der Waals surface area contributed by atoms with Crippen LogP contribution in [0.4, 0.5) is 14.5 Å². The molecular formula is C16H15F2N3O5. The monoisotopic (exact) mass is 367 g/mol. The minimum absolute atomic E-state index is 0.127. The van der Waals surface area contributed by atoms with E-state index in [0.717, 1.165) is 31.1 Å². The van der Waals surface area contributed by atoms with E-state index in [1.165, 1.54) is 12.0 Å². The van der Waals surface area contributed by atoms with Gasteiger partial charge in [0.05, 0.1) is 23.7 Å². The molecule has 1 saturated heterocycles. The van der Waals surface area contributed by atoms with Gasteiger partial charge in [0.25, 0.3) is 11.6 Å². The number of hydrogen-bond donors (Lipinski definition) is 0. The average Bonchev–Trinajstić information content (AvgIpc) is 3.13. The lowest BCUT2D eigenvalue weighted by molar-refractivity contribution is -0.385. The Kier molecular flexibility index (Phi) is 6.06. The summed E-state index contributed by atoms with van der Waals surface area (Å²) in [6, 6.07) is 3.58. The van der Waals surface area contributed by atoms with Crippen molar-refractivity contribution in [1.82, 2.24) is 4.90 Å². The second-order valence-electron chi connectivity index (χ2n) is 5.37. The quantitative estimate of drug-likeness (QED) is 0.331. The van der Waals surface area contributed by atoms with Crippen molar-refractivity contribution in [1.29, 1.82) is 5.26 Å². The highest BCUT2D eigenvalue weighted by Crippen LogP contribution is 2.36. The summed E-state index contributed by atoms with van der Waals surface area (Å²) in [4.78, 5) is 24.3. The van der Waals surface area contributed by atoms with Crippen molar-refractivity contribution in [3.05, 3.63) is 33.4 Å². The number of benzene rings is 1. The van der Waals surface area contributed by atoms with Gasteiger partial charge < -0.3 is 14.4 Å². The number of ether oxygens (including phenoxy) is 2. The molecule has 0 atom stereocenters. The lowest BCUT2D eigenvalue weighted by Crippen LogP contribution is -2.28. The molecule has 138 valence electrons. The molecule has 1 aliphatic heterocycles. The van der Waals surface area contributed by atoms with Crippen LogP contribution in [0.15, 0.2) is 17.7 Å². The number of likely N-dealkylation sites (tertiary alicyclic amines) is 1. The SMILES string of the molecule is COc1cc(/C=C(\C#N)C(=O)N2CCCC2)c([N+](=O)[O-])cc1OC(F)F. The summed E-state index contributed by atoms with van der Waals surface area (Å²) in [5, 5.41) is 20.5. The molecule has 1 heterocycles. The second-order valence-corrected chi connectivity index (χ2v) is 5.37. The van der Waals surface area contributed by atoms with Gasteiger partial charge in [0, 0.05) is 13.1 Å². The predicted molar refractivity (Wildman–Crippen MR) is 85.7 cm³/mol. The largest absolute Gasteiger partial charge is 0.493 e. The number of methoxy groups -OCH3 is 1. The summed E-state index contributed by atoms with van der Waals surface area (Å²) in [5.74, 6) is -1.24. The first-order valence-corrected chi connectivity index (χ1v) is 7.59. The van der Waals surface area contributed by atoms with E-state index in [2.05, 4.69) is 4.74 Å². The van der Waals surface area contributed by atoms with E-state index in [4.69, 9.17) is 4.74 Å². The van der Waals surface area contributed by atoms with Gasteiger partial charge in [0.1, 0.15) is 11.6 Å². The number of nitro benzene ring substituents is 1.